The van der Waals surface area contributed by atoms with Crippen molar-refractivity contribution in [2.24, 2.45) is 0 Å². The molecule has 1 fully saturated rings. The molecule has 9 heteroatoms. The number of amides is 1. The number of carboxylic acid groups (broad SMARTS) is 1. The number of sulfonamides is 1. The number of nitrogens with one attached hydrogen (secondary N) is 1. The average Bonchev–Trinajstić information content (AvgIpc) is 2.38. The van der Waals surface area contributed by atoms with Crippen LogP contribution in [-0.2, 0) is 19.6 Å². The summed E-state index contributed by atoms with van der Waals surface area (Å²) in [6, 6.07) is -0.115. The number of piperidine rings is 1. The Morgan fingerprint density at radius 2 is 1.90 bits per heavy atom. The number of carbonyl (C=O) groups excluding carboxylic acids is 1. The van der Waals surface area contributed by atoms with Crippen LogP contribution in [0.2, 0.25) is 0 Å². The van der Waals surface area contributed by atoms with Crippen molar-refractivity contribution in [3.63, 3.8) is 0 Å². The lowest BCUT2D eigenvalue weighted by molar-refractivity contribution is -0.133. The van der Waals surface area contributed by atoms with Crippen LogP contribution in [0.25, 0.3) is 0 Å². The summed E-state index contributed by atoms with van der Waals surface area (Å²) in [6.07, 6.45) is 1.18. The molecular formula is C11H20N2O5S2. The Morgan fingerprint density at radius 1 is 1.30 bits per heavy atom. The first-order valence-electron chi connectivity index (χ1n) is 6.41. The zero-order valence-electron chi connectivity index (χ0n) is 11.4. The molecule has 0 aromatic rings. The largest absolute Gasteiger partial charge is 0.481 e. The van der Waals surface area contributed by atoms with Crippen molar-refractivity contribution in [3.8, 4) is 0 Å². The van der Waals surface area contributed by atoms with Gasteiger partial charge < -0.3 is 10.0 Å². The van der Waals surface area contributed by atoms with E-state index in [-0.39, 0.29) is 29.2 Å². The van der Waals surface area contributed by atoms with Gasteiger partial charge in [-0.3, -0.25) is 9.59 Å². The molecule has 1 rings (SSSR count). The van der Waals surface area contributed by atoms with Crippen molar-refractivity contribution in [1.29, 1.82) is 0 Å². The zero-order valence-corrected chi connectivity index (χ0v) is 13.0. The second kappa shape index (κ2) is 7.84. The van der Waals surface area contributed by atoms with Crippen molar-refractivity contribution < 1.29 is 23.1 Å². The first-order chi connectivity index (χ1) is 9.34. The second-order valence-electron chi connectivity index (χ2n) is 4.56. The van der Waals surface area contributed by atoms with E-state index in [9.17, 15) is 18.0 Å². The van der Waals surface area contributed by atoms with Crippen molar-refractivity contribution in [2.75, 3.05) is 30.3 Å². The summed E-state index contributed by atoms with van der Waals surface area (Å²) < 4.78 is 25.5. The van der Waals surface area contributed by atoms with Crippen LogP contribution in [0.5, 0.6) is 0 Å². The third-order valence-electron chi connectivity index (χ3n) is 3.03. The molecule has 7 nitrogen and oxygen atoms in total. The molecule has 1 amide bonds. The quantitative estimate of drug-likeness (QED) is 0.668. The molecular weight excluding hydrogens is 304 g/mol. The van der Waals surface area contributed by atoms with E-state index in [2.05, 4.69) is 4.72 Å². The van der Waals surface area contributed by atoms with Gasteiger partial charge in [-0.05, 0) is 19.8 Å². The molecule has 2 N–H and O–H groups in total. The van der Waals surface area contributed by atoms with Gasteiger partial charge in [0.05, 0.1) is 17.3 Å². The first kappa shape index (κ1) is 17.3. The minimum atomic E-state index is -3.20. The number of carboxylic acids is 1. The van der Waals surface area contributed by atoms with Crippen LogP contribution < -0.4 is 4.72 Å². The third kappa shape index (κ3) is 6.10. The molecule has 0 saturated carbocycles. The van der Waals surface area contributed by atoms with E-state index in [0.29, 0.717) is 25.9 Å². The highest BCUT2D eigenvalue weighted by molar-refractivity contribution is 8.00. The summed E-state index contributed by atoms with van der Waals surface area (Å²) in [4.78, 5) is 23.8. The number of hydrogen-bond donors (Lipinski definition) is 2. The SMILES string of the molecule is CCS(=O)(=O)NC1CCN(C(=O)CSCC(=O)O)CC1. The lowest BCUT2D eigenvalue weighted by Gasteiger charge is -2.32. The van der Waals surface area contributed by atoms with E-state index in [1.165, 1.54) is 0 Å². The van der Waals surface area contributed by atoms with Crippen LogP contribution in [-0.4, -0.2) is 66.7 Å². The Hall–Kier alpha value is -0.800. The first-order valence-corrected chi connectivity index (χ1v) is 9.22. The Morgan fingerprint density at radius 3 is 2.40 bits per heavy atom. The van der Waals surface area contributed by atoms with E-state index in [1.807, 2.05) is 0 Å². The van der Waals surface area contributed by atoms with Crippen molar-refractivity contribution in [3.05, 3.63) is 0 Å². The second-order valence-corrected chi connectivity index (χ2v) is 7.59. The van der Waals surface area contributed by atoms with Crippen LogP contribution in [0.1, 0.15) is 19.8 Å². The van der Waals surface area contributed by atoms with E-state index < -0.39 is 16.0 Å². The van der Waals surface area contributed by atoms with Gasteiger partial charge in [0, 0.05) is 19.1 Å². The summed E-state index contributed by atoms with van der Waals surface area (Å²) in [5, 5.41) is 8.49. The summed E-state index contributed by atoms with van der Waals surface area (Å²) >= 11 is 1.08. The number of aliphatic carboxylic acids is 1. The molecule has 0 aromatic heterocycles. The average molecular weight is 324 g/mol. The summed E-state index contributed by atoms with van der Waals surface area (Å²) in [6.45, 7) is 2.59. The van der Waals surface area contributed by atoms with Crippen molar-refractivity contribution >= 4 is 33.7 Å². The van der Waals surface area contributed by atoms with Crippen molar-refractivity contribution in [1.82, 2.24) is 9.62 Å². The summed E-state index contributed by atoms with van der Waals surface area (Å²) in [7, 11) is -3.20. The highest BCUT2D eigenvalue weighted by Crippen LogP contribution is 2.13. The topological polar surface area (TPSA) is 104 Å². The van der Waals surface area contributed by atoms with Gasteiger partial charge >= 0.3 is 5.97 Å². The van der Waals surface area contributed by atoms with E-state index in [1.54, 1.807) is 11.8 Å². The van der Waals surface area contributed by atoms with Crippen molar-refractivity contribution in [2.45, 2.75) is 25.8 Å². The monoisotopic (exact) mass is 324 g/mol. The molecule has 0 unspecified atom stereocenters. The minimum Gasteiger partial charge on any atom is -0.481 e. The molecule has 1 saturated heterocycles. The van der Waals surface area contributed by atoms with Gasteiger partial charge in [-0.15, -0.1) is 11.8 Å². The molecule has 1 aliphatic heterocycles. The molecule has 0 radical (unpaired) electrons. The Labute approximate surface area is 123 Å². The van der Waals surface area contributed by atoms with Crippen LogP contribution in [0.15, 0.2) is 0 Å². The maximum Gasteiger partial charge on any atom is 0.313 e. The number of hydrogen-bond acceptors (Lipinski definition) is 5. The normalized spacial score (nSPS) is 17.1. The minimum absolute atomic E-state index is 0.0535. The third-order valence-corrected chi connectivity index (χ3v) is 5.38. The molecule has 20 heavy (non-hydrogen) atoms. The molecule has 1 aliphatic rings. The van der Waals surface area contributed by atoms with Gasteiger partial charge in [-0.1, -0.05) is 0 Å². The van der Waals surface area contributed by atoms with Crippen LogP contribution in [0, 0.1) is 0 Å². The highest BCUT2D eigenvalue weighted by atomic mass is 32.2. The van der Waals surface area contributed by atoms with Gasteiger partial charge in [-0.2, -0.15) is 0 Å². The Balaban J connectivity index is 2.31. The smallest absolute Gasteiger partial charge is 0.313 e. The van der Waals surface area contributed by atoms with E-state index in [0.717, 1.165) is 11.8 Å². The van der Waals surface area contributed by atoms with Gasteiger partial charge in [0.25, 0.3) is 0 Å². The number of rotatable bonds is 7. The van der Waals surface area contributed by atoms with Crippen LogP contribution in [0.4, 0.5) is 0 Å². The van der Waals surface area contributed by atoms with Crippen LogP contribution in [0.3, 0.4) is 0 Å². The lowest BCUT2D eigenvalue weighted by Crippen LogP contribution is -2.47. The number of likely N-dealkylation sites (tertiary alicyclic amines) is 1. The van der Waals surface area contributed by atoms with Gasteiger partial charge in [0.15, 0.2) is 0 Å². The molecule has 0 spiro atoms. The predicted octanol–water partition coefficient (Wildman–Crippen LogP) is -0.265. The zero-order chi connectivity index (χ0) is 15.2. The fraction of sp³-hybridized carbons (Fsp3) is 0.818. The van der Waals surface area contributed by atoms with Crippen LogP contribution >= 0.6 is 11.8 Å². The molecule has 0 bridgehead atoms. The molecule has 0 atom stereocenters. The van der Waals surface area contributed by atoms with Gasteiger partial charge in [-0.25, -0.2) is 13.1 Å². The van der Waals surface area contributed by atoms with Gasteiger partial charge in [0.1, 0.15) is 0 Å². The number of thioether (sulfide) groups is 1. The number of carbonyl (C=O) groups is 2. The predicted molar refractivity (Wildman–Crippen MR) is 77.2 cm³/mol. The van der Waals surface area contributed by atoms with E-state index >= 15 is 0 Å². The van der Waals surface area contributed by atoms with Gasteiger partial charge in [0.2, 0.25) is 15.9 Å². The molecule has 1 heterocycles. The Bertz CT molecular complexity index is 444. The Kier molecular flexibility index (Phi) is 6.77. The fourth-order valence-corrected chi connectivity index (χ4v) is 3.45. The standard InChI is InChI=1S/C11H20N2O5S2/c1-2-20(17,18)12-9-3-5-13(6-4-9)10(14)7-19-8-11(15)16/h9,12H,2-8H2,1H3,(H,15,16). The molecule has 0 aromatic carbocycles. The lowest BCUT2D eigenvalue weighted by atomic mass is 10.1. The number of nitrogens with zero attached hydrogens (tertiary/aromatic N) is 1. The highest BCUT2D eigenvalue weighted by Gasteiger charge is 2.25. The van der Waals surface area contributed by atoms with E-state index in [4.69, 9.17) is 5.11 Å². The summed E-state index contributed by atoms with van der Waals surface area (Å²) in [5.41, 5.74) is 0. The maximum atomic E-state index is 11.8. The molecule has 0 aliphatic carbocycles. The summed E-state index contributed by atoms with van der Waals surface area (Å²) in [5.74, 6) is -0.905. The molecule has 116 valence electrons. The maximum absolute atomic E-state index is 11.8. The fourth-order valence-electron chi connectivity index (χ4n) is 1.90.